The van der Waals surface area contributed by atoms with E-state index in [0.29, 0.717) is 62.3 Å². The van der Waals surface area contributed by atoms with Gasteiger partial charge in [-0.05, 0) is 53.4 Å². The summed E-state index contributed by atoms with van der Waals surface area (Å²) in [5, 5.41) is 10.2. The van der Waals surface area contributed by atoms with Gasteiger partial charge in [-0.2, -0.15) is 4.98 Å². The quantitative estimate of drug-likeness (QED) is 0.193. The van der Waals surface area contributed by atoms with Crippen molar-refractivity contribution in [3.05, 3.63) is 109 Å². The van der Waals surface area contributed by atoms with E-state index >= 15 is 0 Å². The van der Waals surface area contributed by atoms with Crippen LogP contribution in [0.15, 0.2) is 65.7 Å². The van der Waals surface area contributed by atoms with Crippen molar-refractivity contribution in [2.24, 2.45) is 0 Å². The summed E-state index contributed by atoms with van der Waals surface area (Å²) in [6.07, 6.45) is 3.73. The van der Waals surface area contributed by atoms with Crippen LogP contribution in [0, 0.1) is 0 Å². The molecule has 0 bridgehead atoms. The van der Waals surface area contributed by atoms with Gasteiger partial charge in [0.05, 0.1) is 22.3 Å². The van der Waals surface area contributed by atoms with Crippen molar-refractivity contribution in [1.29, 1.82) is 0 Å². The summed E-state index contributed by atoms with van der Waals surface area (Å²) in [7, 11) is 0. The lowest BCUT2D eigenvalue weighted by molar-refractivity contribution is -0.115. The molecule has 12 heteroatoms. The standard InChI is InChI=1S/C29H26Cl3N7O2/c1-16(2)26-25-28(39(38-26)27-21(31)12-19(30)13-22(27)32)36-23(37-29(25)41)11-17-3-5-20(6-4-17)35-24(40)15-34-14-18-7-9-33-10-8-18/h3-10,12-13,16,34,38H,11,14-15H2,1-2H3,(H,35,40). The summed E-state index contributed by atoms with van der Waals surface area (Å²) in [5.74, 6) is 0.537. The molecule has 5 rings (SSSR count). The summed E-state index contributed by atoms with van der Waals surface area (Å²) in [5.41, 5.74) is 3.66. The van der Waals surface area contributed by atoms with Gasteiger partial charge in [-0.15, -0.1) is 0 Å². The highest BCUT2D eigenvalue weighted by molar-refractivity contribution is 6.40. The van der Waals surface area contributed by atoms with E-state index in [2.05, 4.69) is 25.7 Å². The van der Waals surface area contributed by atoms with E-state index < -0.39 is 5.56 Å². The maximum atomic E-state index is 13.2. The number of aromatic amines is 1. The van der Waals surface area contributed by atoms with E-state index in [-0.39, 0.29) is 18.4 Å². The topological polar surface area (TPSA) is 118 Å². The van der Waals surface area contributed by atoms with Gasteiger partial charge in [0.15, 0.2) is 5.82 Å². The van der Waals surface area contributed by atoms with Gasteiger partial charge in [-0.1, -0.05) is 60.8 Å². The maximum Gasteiger partial charge on any atom is 0.284 e. The van der Waals surface area contributed by atoms with Crippen molar-refractivity contribution in [3.63, 3.8) is 0 Å². The Balaban J connectivity index is 1.34. The average Bonchev–Trinajstić information content (AvgIpc) is 3.30. The number of rotatable bonds is 9. The van der Waals surface area contributed by atoms with Crippen LogP contribution in [0.3, 0.4) is 0 Å². The lowest BCUT2D eigenvalue weighted by Gasteiger charge is -2.12. The third kappa shape index (κ3) is 6.60. The number of H-pyrrole nitrogens is 1. The lowest BCUT2D eigenvalue weighted by Crippen LogP contribution is -2.27. The molecule has 210 valence electrons. The van der Waals surface area contributed by atoms with Crippen molar-refractivity contribution in [1.82, 2.24) is 30.0 Å². The number of amides is 1. The zero-order valence-corrected chi connectivity index (χ0v) is 24.5. The second kappa shape index (κ2) is 12.4. The van der Waals surface area contributed by atoms with Gasteiger partial charge in [0.2, 0.25) is 5.91 Å². The molecule has 0 fully saturated rings. The number of aromatic nitrogens is 5. The number of carbonyl (C=O) groups excluding carboxylic acids is 1. The van der Waals surface area contributed by atoms with E-state index in [4.69, 9.17) is 39.8 Å². The molecular weight excluding hydrogens is 585 g/mol. The zero-order chi connectivity index (χ0) is 29.1. The van der Waals surface area contributed by atoms with Gasteiger partial charge in [-0.25, -0.2) is 9.67 Å². The number of hydrogen-bond acceptors (Lipinski definition) is 6. The molecule has 3 N–H and O–H groups in total. The van der Waals surface area contributed by atoms with E-state index in [0.717, 1.165) is 11.1 Å². The normalized spacial score (nSPS) is 11.4. The molecule has 0 saturated carbocycles. The molecule has 0 unspecified atom stereocenters. The van der Waals surface area contributed by atoms with Gasteiger partial charge in [-0.3, -0.25) is 19.7 Å². The number of pyridine rings is 1. The Kier molecular flexibility index (Phi) is 8.70. The first-order valence-corrected chi connectivity index (χ1v) is 14.0. The Bertz CT molecular complexity index is 1690. The summed E-state index contributed by atoms with van der Waals surface area (Å²) in [4.78, 5) is 38.5. The van der Waals surface area contributed by atoms with Crippen molar-refractivity contribution in [2.75, 3.05) is 11.9 Å². The first kappa shape index (κ1) is 28.8. The number of halogens is 3. The van der Waals surface area contributed by atoms with E-state index in [9.17, 15) is 9.59 Å². The number of hydrogen-bond donors (Lipinski definition) is 3. The van der Waals surface area contributed by atoms with Gasteiger partial charge in [0.1, 0.15) is 17.1 Å². The number of fused-ring (bicyclic) bond motifs is 1. The number of carbonyl (C=O) groups is 1. The van der Waals surface area contributed by atoms with Crippen LogP contribution in [0.4, 0.5) is 5.69 Å². The monoisotopic (exact) mass is 609 g/mol. The molecule has 2 aliphatic rings. The second-order valence-corrected chi connectivity index (χ2v) is 11.0. The molecule has 0 spiro atoms. The molecule has 1 amide bonds. The summed E-state index contributed by atoms with van der Waals surface area (Å²) in [6.45, 7) is 4.66. The number of benzene rings is 2. The van der Waals surface area contributed by atoms with Crippen LogP contribution in [0.5, 0.6) is 0 Å². The highest BCUT2D eigenvalue weighted by Crippen LogP contribution is 2.36. The maximum absolute atomic E-state index is 13.2. The second-order valence-electron chi connectivity index (χ2n) is 9.76. The molecule has 9 nitrogen and oxygen atoms in total. The van der Waals surface area contributed by atoms with Crippen molar-refractivity contribution in [2.45, 2.75) is 32.7 Å². The van der Waals surface area contributed by atoms with Crippen LogP contribution in [0.2, 0.25) is 15.1 Å². The Labute approximate surface area is 251 Å². The third-order valence-corrected chi connectivity index (χ3v) is 7.16. The minimum absolute atomic E-state index is 0.0145. The molecule has 3 heterocycles. The summed E-state index contributed by atoms with van der Waals surface area (Å²) in [6, 6.07) is 14.3. The molecule has 2 aliphatic heterocycles. The van der Waals surface area contributed by atoms with Gasteiger partial charge in [0.25, 0.3) is 5.56 Å². The zero-order valence-electron chi connectivity index (χ0n) is 22.2. The summed E-state index contributed by atoms with van der Waals surface area (Å²) < 4.78 is 1.61. The fourth-order valence-electron chi connectivity index (χ4n) is 4.42. The van der Waals surface area contributed by atoms with Gasteiger partial charge in [0, 0.05) is 36.1 Å². The fourth-order valence-corrected chi connectivity index (χ4v) is 5.41. The minimum Gasteiger partial charge on any atom is -0.325 e. The smallest absolute Gasteiger partial charge is 0.284 e. The first-order chi connectivity index (χ1) is 19.7. The SMILES string of the molecule is CC(C)c1[nH]n(-c2c(Cl)cc(Cl)cc2Cl)c2nc(Cc3ccc(NC(=O)CNCc4ccncc4)cc3)nc(=O)c1-2. The highest BCUT2D eigenvalue weighted by Gasteiger charge is 2.27. The largest absolute Gasteiger partial charge is 0.325 e. The molecule has 0 atom stereocenters. The Morgan fingerprint density at radius 2 is 1.66 bits per heavy atom. The fraction of sp³-hybridized carbons (Fsp3) is 0.207. The molecule has 0 aliphatic carbocycles. The van der Waals surface area contributed by atoms with Crippen molar-refractivity contribution >= 4 is 46.4 Å². The average molecular weight is 611 g/mol. The number of anilines is 1. The van der Waals surface area contributed by atoms with Crippen LogP contribution < -0.4 is 16.2 Å². The van der Waals surface area contributed by atoms with Gasteiger partial charge >= 0.3 is 0 Å². The Morgan fingerprint density at radius 1 is 0.976 bits per heavy atom. The number of nitrogens with zero attached hydrogens (tertiary/aromatic N) is 4. The first-order valence-electron chi connectivity index (χ1n) is 12.8. The van der Waals surface area contributed by atoms with Crippen LogP contribution in [0.25, 0.3) is 17.1 Å². The van der Waals surface area contributed by atoms with Crippen molar-refractivity contribution < 1.29 is 4.79 Å². The van der Waals surface area contributed by atoms with Crippen LogP contribution >= 0.6 is 34.8 Å². The molecule has 3 aromatic rings. The Hall–Kier alpha value is -3.76. The van der Waals surface area contributed by atoms with Crippen LogP contribution in [0.1, 0.15) is 42.4 Å². The Morgan fingerprint density at radius 3 is 2.32 bits per heavy atom. The molecule has 1 aromatic heterocycles. The predicted molar refractivity (Wildman–Crippen MR) is 162 cm³/mol. The highest BCUT2D eigenvalue weighted by atomic mass is 35.5. The molecule has 0 radical (unpaired) electrons. The van der Waals surface area contributed by atoms with Gasteiger partial charge < -0.3 is 10.6 Å². The van der Waals surface area contributed by atoms with E-state index in [1.807, 2.05) is 38.1 Å². The summed E-state index contributed by atoms with van der Waals surface area (Å²) >= 11 is 19.1. The molecular formula is C29H26Cl3N7O2. The van der Waals surface area contributed by atoms with E-state index in [1.165, 1.54) is 0 Å². The van der Waals surface area contributed by atoms with Crippen LogP contribution in [-0.2, 0) is 17.8 Å². The predicted octanol–water partition coefficient (Wildman–Crippen LogP) is 5.86. The number of nitrogens with one attached hydrogen (secondary N) is 3. The lowest BCUT2D eigenvalue weighted by atomic mass is 10.1. The third-order valence-electron chi connectivity index (χ3n) is 6.36. The van der Waals surface area contributed by atoms with Crippen molar-refractivity contribution in [3.8, 4) is 17.1 Å². The minimum atomic E-state index is -0.395. The van der Waals surface area contributed by atoms with Crippen LogP contribution in [-0.4, -0.2) is 37.2 Å². The molecule has 0 saturated heterocycles. The molecule has 2 aromatic carbocycles. The van der Waals surface area contributed by atoms with E-state index in [1.54, 1.807) is 41.3 Å². The molecule has 41 heavy (non-hydrogen) atoms.